The number of alkyl halides is 3. The van der Waals surface area contributed by atoms with Crippen molar-refractivity contribution in [3.05, 3.63) is 78.4 Å². The van der Waals surface area contributed by atoms with Gasteiger partial charge in [-0.2, -0.15) is 13.2 Å². The second-order valence-electron chi connectivity index (χ2n) is 11.4. The fourth-order valence-electron chi connectivity index (χ4n) is 6.51. The number of halogens is 3. The van der Waals surface area contributed by atoms with Crippen LogP contribution in [0.3, 0.4) is 0 Å². The van der Waals surface area contributed by atoms with Crippen LogP contribution in [0, 0.1) is 0 Å². The molecule has 0 bridgehead atoms. The standard InChI is InChI=1S/C23H30F3N3O3.C9H7N3.2H2/c24-23(25,26)16-4-1-3-15(13-16)22(32)27-14-21(31)29-12-10-20-19(29)5-2-11-28(20)17-6-8-18(30)9-7-17;1-3-8(7-10-4-1)9-11-5-2-6-12-9;;/h1,3-4,13,17-20,30H,2,5-12,14H2,(H,27,32);1-7H;2*1H/t17?,18?,19-,20-;;;/m0.../s1. The monoisotopic (exact) mass is 614 g/mol. The smallest absolute Gasteiger partial charge is 0.393 e. The Morgan fingerprint density at radius 3 is 2.41 bits per heavy atom. The van der Waals surface area contributed by atoms with Gasteiger partial charge in [0.2, 0.25) is 5.91 Å². The summed E-state index contributed by atoms with van der Waals surface area (Å²) in [6.45, 7) is 1.41. The number of nitrogens with zero attached hydrogens (tertiary/aromatic N) is 5. The van der Waals surface area contributed by atoms with E-state index in [4.69, 9.17) is 0 Å². The zero-order chi connectivity index (χ0) is 31.1. The van der Waals surface area contributed by atoms with Crippen LogP contribution in [0.1, 0.15) is 63.7 Å². The first kappa shape index (κ1) is 31.5. The maximum Gasteiger partial charge on any atom is 0.416 e. The van der Waals surface area contributed by atoms with Crippen molar-refractivity contribution >= 4 is 11.8 Å². The van der Waals surface area contributed by atoms with E-state index in [-0.39, 0.29) is 33.0 Å². The number of aliphatic hydroxyl groups is 1. The number of aliphatic hydroxyl groups excluding tert-OH is 1. The summed E-state index contributed by atoms with van der Waals surface area (Å²) in [6.07, 6.45) is 8.59. The van der Waals surface area contributed by atoms with Crippen molar-refractivity contribution in [2.45, 2.75) is 75.4 Å². The normalized spacial score (nSPS) is 23.7. The largest absolute Gasteiger partial charge is 0.416 e. The van der Waals surface area contributed by atoms with Crippen molar-refractivity contribution in [3.8, 4) is 11.4 Å². The first-order valence-corrected chi connectivity index (χ1v) is 15.1. The molecule has 44 heavy (non-hydrogen) atoms. The number of hydrogen-bond donors (Lipinski definition) is 2. The lowest BCUT2D eigenvalue weighted by molar-refractivity contribution is -0.137. The maximum atomic E-state index is 12.9. The van der Waals surface area contributed by atoms with Crippen LogP contribution in [0.25, 0.3) is 11.4 Å². The molecule has 6 rings (SSSR count). The van der Waals surface area contributed by atoms with Gasteiger partial charge in [0.15, 0.2) is 5.82 Å². The molecule has 12 heteroatoms. The number of rotatable bonds is 5. The molecule has 0 spiro atoms. The van der Waals surface area contributed by atoms with Gasteiger partial charge in [0.25, 0.3) is 5.91 Å². The number of pyridine rings is 1. The molecule has 0 unspecified atom stereocenters. The average molecular weight is 615 g/mol. The van der Waals surface area contributed by atoms with Gasteiger partial charge in [-0.25, -0.2) is 9.97 Å². The van der Waals surface area contributed by atoms with Crippen LogP contribution in [0.4, 0.5) is 13.2 Å². The van der Waals surface area contributed by atoms with Gasteiger partial charge in [-0.15, -0.1) is 0 Å². The van der Waals surface area contributed by atoms with E-state index in [2.05, 4.69) is 25.2 Å². The molecular formula is C32H41F3N6O3. The van der Waals surface area contributed by atoms with Gasteiger partial charge in [-0.05, 0) is 87.9 Å². The number of piperidine rings is 1. The summed E-state index contributed by atoms with van der Waals surface area (Å²) >= 11 is 0. The van der Waals surface area contributed by atoms with E-state index in [1.807, 2.05) is 17.0 Å². The molecule has 3 aromatic rings. The molecule has 4 heterocycles. The van der Waals surface area contributed by atoms with E-state index >= 15 is 0 Å². The van der Waals surface area contributed by atoms with E-state index in [9.17, 15) is 27.9 Å². The number of carbonyl (C=O) groups excluding carboxylic acids is 2. The SMILES string of the molecule is O=C(NCC(=O)N1CC[C@H]2[C@@H]1CCCN2C1CCC(O)CC1)c1cccc(C(F)(F)F)c1.[HH].[HH].c1cnc(-c2cccnc2)nc1. The van der Waals surface area contributed by atoms with E-state index in [0.717, 1.165) is 69.2 Å². The highest BCUT2D eigenvalue weighted by Gasteiger charge is 2.44. The highest BCUT2D eigenvalue weighted by molar-refractivity contribution is 5.96. The minimum Gasteiger partial charge on any atom is -0.393 e. The highest BCUT2D eigenvalue weighted by Crippen LogP contribution is 2.35. The third-order valence-electron chi connectivity index (χ3n) is 8.65. The number of carbonyl (C=O) groups is 2. The van der Waals surface area contributed by atoms with Gasteiger partial charge in [0, 0.05) is 63.4 Å². The number of amides is 2. The van der Waals surface area contributed by atoms with Crippen molar-refractivity contribution in [1.29, 1.82) is 0 Å². The molecule has 3 aliphatic rings. The minimum absolute atomic E-state index is 0. The summed E-state index contributed by atoms with van der Waals surface area (Å²) in [5.41, 5.74) is -0.0651. The molecule has 1 aliphatic carbocycles. The molecule has 2 atom stereocenters. The zero-order valence-electron chi connectivity index (χ0n) is 24.4. The number of aromatic nitrogens is 3. The van der Waals surface area contributed by atoms with E-state index in [0.29, 0.717) is 24.5 Å². The molecule has 238 valence electrons. The topological polar surface area (TPSA) is 112 Å². The zero-order valence-corrected chi connectivity index (χ0v) is 24.4. The van der Waals surface area contributed by atoms with E-state index < -0.39 is 17.6 Å². The quantitative estimate of drug-likeness (QED) is 0.423. The summed E-state index contributed by atoms with van der Waals surface area (Å²) in [5.74, 6) is -0.171. The van der Waals surface area contributed by atoms with Crippen LogP contribution in [-0.2, 0) is 11.0 Å². The third kappa shape index (κ3) is 7.78. The number of benzene rings is 1. The Hall–Kier alpha value is -3.90. The molecular weight excluding hydrogens is 573 g/mol. The number of hydrogen-bond acceptors (Lipinski definition) is 7. The Balaban J connectivity index is 0.000000346. The summed E-state index contributed by atoms with van der Waals surface area (Å²) in [7, 11) is 0. The predicted molar refractivity (Wildman–Crippen MR) is 161 cm³/mol. The number of likely N-dealkylation sites (tertiary alicyclic amines) is 2. The van der Waals surface area contributed by atoms with Gasteiger partial charge >= 0.3 is 6.18 Å². The summed E-state index contributed by atoms with van der Waals surface area (Å²) < 4.78 is 38.7. The minimum atomic E-state index is -4.53. The lowest BCUT2D eigenvalue weighted by Gasteiger charge is -2.45. The molecule has 2 aliphatic heterocycles. The molecule has 1 aromatic carbocycles. The fourth-order valence-corrected chi connectivity index (χ4v) is 6.51. The Bertz CT molecular complexity index is 1360. The lowest BCUT2D eigenvalue weighted by atomic mass is 9.87. The Morgan fingerprint density at radius 1 is 0.932 bits per heavy atom. The first-order valence-electron chi connectivity index (χ1n) is 15.1. The molecule has 2 N–H and O–H groups in total. The second-order valence-corrected chi connectivity index (χ2v) is 11.4. The highest BCUT2D eigenvalue weighted by atomic mass is 19.4. The maximum absolute atomic E-state index is 12.9. The molecule has 9 nitrogen and oxygen atoms in total. The lowest BCUT2D eigenvalue weighted by Crippen LogP contribution is -2.55. The Morgan fingerprint density at radius 2 is 1.70 bits per heavy atom. The van der Waals surface area contributed by atoms with E-state index in [1.54, 1.807) is 30.9 Å². The van der Waals surface area contributed by atoms with E-state index in [1.165, 1.54) is 12.1 Å². The predicted octanol–water partition coefficient (Wildman–Crippen LogP) is 4.83. The number of nitrogens with one attached hydrogen (secondary N) is 1. The van der Waals surface area contributed by atoms with Gasteiger partial charge in [0.1, 0.15) is 0 Å². The second kappa shape index (κ2) is 14.3. The number of fused-ring (bicyclic) bond motifs is 1. The van der Waals surface area contributed by atoms with Gasteiger partial charge in [-0.1, -0.05) is 6.07 Å². The van der Waals surface area contributed by atoms with Crippen LogP contribution in [0.15, 0.2) is 67.3 Å². The molecule has 2 saturated heterocycles. The molecule has 2 aromatic heterocycles. The van der Waals surface area contributed by atoms with Crippen LogP contribution in [0.2, 0.25) is 0 Å². The van der Waals surface area contributed by atoms with Gasteiger partial charge < -0.3 is 15.3 Å². The Kier molecular flexibility index (Phi) is 10.2. The van der Waals surface area contributed by atoms with Gasteiger partial charge in [0.05, 0.1) is 18.2 Å². The molecule has 0 radical (unpaired) electrons. The fraction of sp³-hybridized carbons (Fsp3) is 0.469. The third-order valence-corrected chi connectivity index (χ3v) is 8.65. The summed E-state index contributed by atoms with van der Waals surface area (Å²) in [6, 6.07) is 10.6. The van der Waals surface area contributed by atoms with Crippen molar-refractivity contribution in [1.82, 2.24) is 30.1 Å². The van der Waals surface area contributed by atoms with Gasteiger partial charge in [-0.3, -0.25) is 19.5 Å². The summed E-state index contributed by atoms with van der Waals surface area (Å²) in [4.78, 5) is 41.7. The van der Waals surface area contributed by atoms with Crippen molar-refractivity contribution < 1.29 is 30.7 Å². The van der Waals surface area contributed by atoms with Crippen LogP contribution in [0.5, 0.6) is 0 Å². The van der Waals surface area contributed by atoms with Crippen LogP contribution in [-0.4, -0.2) is 85.5 Å². The molecule has 2 amide bonds. The molecule has 3 fully saturated rings. The first-order chi connectivity index (χ1) is 21.2. The van der Waals surface area contributed by atoms with Crippen molar-refractivity contribution in [2.24, 2.45) is 0 Å². The van der Waals surface area contributed by atoms with Crippen molar-refractivity contribution in [2.75, 3.05) is 19.6 Å². The Labute approximate surface area is 257 Å². The summed E-state index contributed by atoms with van der Waals surface area (Å²) in [5, 5.41) is 12.3. The van der Waals surface area contributed by atoms with Crippen LogP contribution < -0.4 is 5.32 Å². The van der Waals surface area contributed by atoms with Crippen molar-refractivity contribution in [3.63, 3.8) is 0 Å². The van der Waals surface area contributed by atoms with Crippen LogP contribution >= 0.6 is 0 Å². The average Bonchev–Trinajstić information content (AvgIpc) is 3.49. The molecule has 1 saturated carbocycles.